The van der Waals surface area contributed by atoms with Crippen molar-refractivity contribution in [1.29, 1.82) is 0 Å². The van der Waals surface area contributed by atoms with Gasteiger partial charge in [-0.05, 0) is 31.2 Å². The number of halogens is 1. The molecule has 0 N–H and O–H groups in total. The highest BCUT2D eigenvalue weighted by molar-refractivity contribution is 5.99. The molecule has 0 unspecified atom stereocenters. The van der Waals surface area contributed by atoms with Crippen molar-refractivity contribution in [3.8, 4) is 0 Å². The van der Waals surface area contributed by atoms with Crippen molar-refractivity contribution in [2.75, 3.05) is 11.9 Å². The summed E-state index contributed by atoms with van der Waals surface area (Å²) in [4.78, 5) is 17.5. The monoisotopic (exact) mass is 258 g/mol. The van der Waals surface area contributed by atoms with Crippen LogP contribution in [0.3, 0.4) is 0 Å². The Morgan fingerprint density at radius 3 is 2.68 bits per heavy atom. The average Bonchev–Trinajstić information content (AvgIpc) is 2.39. The van der Waals surface area contributed by atoms with Gasteiger partial charge in [0.1, 0.15) is 5.82 Å². The third-order valence-electron chi connectivity index (χ3n) is 2.87. The van der Waals surface area contributed by atoms with E-state index in [0.29, 0.717) is 17.8 Å². The summed E-state index contributed by atoms with van der Waals surface area (Å²) in [6.07, 6.45) is 1.69. The van der Waals surface area contributed by atoms with Crippen LogP contribution in [0.25, 0.3) is 0 Å². The molecular formula is C15H15FN2O. The van der Waals surface area contributed by atoms with Crippen LogP contribution in [0.2, 0.25) is 0 Å². The van der Waals surface area contributed by atoms with Gasteiger partial charge in [-0.1, -0.05) is 12.1 Å². The fraction of sp³-hybridized carbons (Fsp3) is 0.200. The molecule has 0 atom stereocenters. The van der Waals surface area contributed by atoms with E-state index in [1.807, 2.05) is 18.2 Å². The number of hydrogen-bond donors (Lipinski definition) is 0. The van der Waals surface area contributed by atoms with Crippen molar-refractivity contribution < 1.29 is 9.18 Å². The quantitative estimate of drug-likeness (QED) is 0.790. The maximum Gasteiger partial charge on any atom is 0.161 e. The molecule has 0 saturated carbocycles. The molecule has 1 aromatic carbocycles. The minimum absolute atomic E-state index is 0.151. The molecule has 0 amide bonds. The minimum Gasteiger partial charge on any atom is -0.366 e. The van der Waals surface area contributed by atoms with Crippen molar-refractivity contribution in [1.82, 2.24) is 4.98 Å². The van der Waals surface area contributed by atoms with Crippen LogP contribution in [0.1, 0.15) is 23.0 Å². The van der Waals surface area contributed by atoms with Crippen molar-refractivity contribution in [2.24, 2.45) is 0 Å². The van der Waals surface area contributed by atoms with E-state index in [-0.39, 0.29) is 5.78 Å². The number of carbonyl (C=O) groups excluding carboxylic acids is 1. The first-order valence-corrected chi connectivity index (χ1v) is 6.00. The van der Waals surface area contributed by atoms with Crippen LogP contribution in [-0.2, 0) is 6.54 Å². The standard InChI is InChI=1S/C15H15FN2O/c1-11(19)13-7-5-8-14(16)15(13)18(2)10-12-6-3-4-9-17-12/h3-9H,10H2,1-2H3. The summed E-state index contributed by atoms with van der Waals surface area (Å²) in [5.41, 5.74) is 1.53. The molecule has 0 fully saturated rings. The zero-order valence-electron chi connectivity index (χ0n) is 10.9. The number of ketones is 1. The van der Waals surface area contributed by atoms with Crippen molar-refractivity contribution in [3.63, 3.8) is 0 Å². The molecule has 1 heterocycles. The lowest BCUT2D eigenvalue weighted by Gasteiger charge is -2.21. The van der Waals surface area contributed by atoms with Crippen LogP contribution in [0.15, 0.2) is 42.6 Å². The van der Waals surface area contributed by atoms with Crippen LogP contribution >= 0.6 is 0 Å². The Kier molecular flexibility index (Phi) is 3.90. The van der Waals surface area contributed by atoms with Crippen LogP contribution in [0.4, 0.5) is 10.1 Å². The number of para-hydroxylation sites is 1. The fourth-order valence-electron chi connectivity index (χ4n) is 2.00. The van der Waals surface area contributed by atoms with Crippen molar-refractivity contribution in [3.05, 3.63) is 59.7 Å². The lowest BCUT2D eigenvalue weighted by Crippen LogP contribution is -2.21. The van der Waals surface area contributed by atoms with E-state index >= 15 is 0 Å². The summed E-state index contributed by atoms with van der Waals surface area (Å²) in [6.45, 7) is 1.88. The lowest BCUT2D eigenvalue weighted by atomic mass is 10.1. The molecule has 1 aromatic heterocycles. The molecule has 19 heavy (non-hydrogen) atoms. The molecular weight excluding hydrogens is 243 g/mol. The van der Waals surface area contributed by atoms with Crippen LogP contribution in [0.5, 0.6) is 0 Å². The molecule has 3 nitrogen and oxygen atoms in total. The highest BCUT2D eigenvalue weighted by atomic mass is 19.1. The summed E-state index contributed by atoms with van der Waals surface area (Å²) in [5, 5.41) is 0. The van der Waals surface area contributed by atoms with Crippen molar-refractivity contribution >= 4 is 11.5 Å². The summed E-state index contributed by atoms with van der Waals surface area (Å²) >= 11 is 0. The van der Waals surface area contributed by atoms with E-state index in [2.05, 4.69) is 4.98 Å². The first-order chi connectivity index (χ1) is 9.09. The Hall–Kier alpha value is -2.23. The number of benzene rings is 1. The Bertz CT molecular complexity index is 584. The predicted molar refractivity (Wildman–Crippen MR) is 72.7 cm³/mol. The number of rotatable bonds is 4. The number of hydrogen-bond acceptors (Lipinski definition) is 3. The highest BCUT2D eigenvalue weighted by Crippen LogP contribution is 2.25. The maximum absolute atomic E-state index is 13.9. The molecule has 0 saturated heterocycles. The molecule has 2 rings (SSSR count). The molecule has 2 aromatic rings. The molecule has 4 heteroatoms. The number of anilines is 1. The van der Waals surface area contributed by atoms with E-state index in [9.17, 15) is 9.18 Å². The largest absolute Gasteiger partial charge is 0.366 e. The van der Waals surface area contributed by atoms with Gasteiger partial charge in [0.2, 0.25) is 0 Å². The Labute approximate surface area is 111 Å². The topological polar surface area (TPSA) is 33.2 Å². The van der Waals surface area contributed by atoms with Gasteiger partial charge in [0.15, 0.2) is 5.78 Å². The molecule has 0 aliphatic carbocycles. The van der Waals surface area contributed by atoms with Crippen LogP contribution in [-0.4, -0.2) is 17.8 Å². The Balaban J connectivity index is 2.33. The van der Waals surface area contributed by atoms with Gasteiger partial charge in [-0.3, -0.25) is 9.78 Å². The SMILES string of the molecule is CC(=O)c1cccc(F)c1N(C)Cc1ccccn1. The van der Waals surface area contributed by atoms with Gasteiger partial charge in [-0.2, -0.15) is 0 Å². The maximum atomic E-state index is 13.9. The van der Waals surface area contributed by atoms with E-state index < -0.39 is 5.82 Å². The van der Waals surface area contributed by atoms with Gasteiger partial charge in [0.05, 0.1) is 17.9 Å². The highest BCUT2D eigenvalue weighted by Gasteiger charge is 2.16. The number of pyridine rings is 1. The zero-order valence-corrected chi connectivity index (χ0v) is 10.9. The van der Waals surface area contributed by atoms with E-state index in [0.717, 1.165) is 5.69 Å². The van der Waals surface area contributed by atoms with Gasteiger partial charge in [0.25, 0.3) is 0 Å². The summed E-state index contributed by atoms with van der Waals surface area (Å²) in [7, 11) is 1.75. The second-order valence-electron chi connectivity index (χ2n) is 4.37. The first kappa shape index (κ1) is 13.2. The Morgan fingerprint density at radius 2 is 2.05 bits per heavy atom. The molecule has 0 spiro atoms. The molecule has 0 bridgehead atoms. The minimum atomic E-state index is -0.397. The second-order valence-corrected chi connectivity index (χ2v) is 4.37. The number of nitrogens with zero attached hydrogens (tertiary/aromatic N) is 2. The molecule has 0 aliphatic heterocycles. The van der Waals surface area contributed by atoms with Crippen LogP contribution < -0.4 is 4.90 Å². The third-order valence-corrected chi connectivity index (χ3v) is 2.87. The Morgan fingerprint density at radius 1 is 1.26 bits per heavy atom. The zero-order chi connectivity index (χ0) is 13.8. The predicted octanol–water partition coefficient (Wildman–Crippen LogP) is 3.06. The number of Topliss-reactive ketones (excluding diaryl/α,β-unsaturated/α-hetero) is 1. The molecule has 0 aliphatic rings. The average molecular weight is 258 g/mol. The summed E-state index contributed by atoms with van der Waals surface area (Å²) < 4.78 is 13.9. The van der Waals surface area contributed by atoms with Gasteiger partial charge in [0, 0.05) is 18.8 Å². The number of carbonyl (C=O) groups is 1. The van der Waals surface area contributed by atoms with E-state index in [1.165, 1.54) is 13.0 Å². The summed E-state index contributed by atoms with van der Waals surface area (Å²) in [5.74, 6) is -0.548. The van der Waals surface area contributed by atoms with E-state index in [4.69, 9.17) is 0 Å². The molecule has 98 valence electrons. The van der Waals surface area contributed by atoms with Gasteiger partial charge in [-0.15, -0.1) is 0 Å². The normalized spacial score (nSPS) is 10.3. The van der Waals surface area contributed by atoms with Gasteiger partial charge < -0.3 is 4.90 Å². The van der Waals surface area contributed by atoms with Gasteiger partial charge in [-0.25, -0.2) is 4.39 Å². The van der Waals surface area contributed by atoms with E-state index in [1.54, 1.807) is 30.3 Å². The second kappa shape index (κ2) is 5.61. The lowest BCUT2D eigenvalue weighted by molar-refractivity contribution is 0.101. The molecule has 0 radical (unpaired) electrons. The first-order valence-electron chi connectivity index (χ1n) is 6.00. The third kappa shape index (κ3) is 2.96. The number of aromatic nitrogens is 1. The fourth-order valence-corrected chi connectivity index (χ4v) is 2.00. The van der Waals surface area contributed by atoms with Gasteiger partial charge >= 0.3 is 0 Å². The van der Waals surface area contributed by atoms with Crippen LogP contribution in [0, 0.1) is 5.82 Å². The summed E-state index contributed by atoms with van der Waals surface area (Å²) in [6, 6.07) is 10.1. The smallest absolute Gasteiger partial charge is 0.161 e. The van der Waals surface area contributed by atoms with Crippen molar-refractivity contribution in [2.45, 2.75) is 13.5 Å².